The maximum atomic E-state index is 13.5. The molecule has 1 unspecified atom stereocenters. The topological polar surface area (TPSA) is 44.8 Å². The molecular formula is C13H23FO4Si. The normalized spacial score (nSPS) is 24.3. The average molecular weight is 290 g/mol. The first-order valence-corrected chi connectivity index (χ1v) is 9.27. The predicted octanol–water partition coefficient (Wildman–Crippen LogP) is 3.15. The Balaban J connectivity index is 2.51. The van der Waals surface area contributed by atoms with Gasteiger partial charge in [0.25, 0.3) is 6.29 Å². The fourth-order valence-electron chi connectivity index (χ4n) is 1.35. The number of hydrogen-bond donors (Lipinski definition) is 0. The molecule has 0 aliphatic carbocycles. The van der Waals surface area contributed by atoms with Crippen LogP contribution in [-0.2, 0) is 18.7 Å². The number of carbonyl (C=O) groups is 1. The summed E-state index contributed by atoms with van der Waals surface area (Å²) in [5.74, 6) is -1.14. The summed E-state index contributed by atoms with van der Waals surface area (Å²) in [5, 5.41) is 0.0865. The zero-order chi connectivity index (χ0) is 14.8. The lowest BCUT2D eigenvalue weighted by Gasteiger charge is -2.36. The van der Waals surface area contributed by atoms with Gasteiger partial charge < -0.3 is 13.9 Å². The van der Waals surface area contributed by atoms with Crippen LogP contribution in [-0.4, -0.2) is 33.3 Å². The zero-order valence-corrected chi connectivity index (χ0v) is 13.5. The molecule has 1 rings (SSSR count). The number of ether oxygens (including phenoxy) is 2. The van der Waals surface area contributed by atoms with Crippen molar-refractivity contribution in [1.29, 1.82) is 0 Å². The van der Waals surface area contributed by atoms with Crippen LogP contribution in [0.5, 0.6) is 0 Å². The Morgan fingerprint density at radius 1 is 1.47 bits per heavy atom. The number of esters is 1. The van der Waals surface area contributed by atoms with Crippen molar-refractivity contribution < 1.29 is 23.1 Å². The van der Waals surface area contributed by atoms with E-state index in [2.05, 4.69) is 33.9 Å². The van der Waals surface area contributed by atoms with Crippen molar-refractivity contribution in [2.75, 3.05) is 6.61 Å². The van der Waals surface area contributed by atoms with Gasteiger partial charge >= 0.3 is 5.97 Å². The number of carbonyl (C=O) groups excluding carboxylic acids is 1. The van der Waals surface area contributed by atoms with E-state index in [-0.39, 0.29) is 11.6 Å². The molecule has 0 aromatic carbocycles. The largest absolute Gasteiger partial charge is 0.429 e. The van der Waals surface area contributed by atoms with Crippen LogP contribution in [0.15, 0.2) is 11.9 Å². The molecule has 1 aliphatic heterocycles. The lowest BCUT2D eigenvalue weighted by molar-refractivity contribution is -0.173. The van der Waals surface area contributed by atoms with Gasteiger partial charge in [-0.3, -0.25) is 4.79 Å². The van der Waals surface area contributed by atoms with Crippen LogP contribution in [0.25, 0.3) is 0 Å². The molecule has 1 aliphatic rings. The molecule has 0 N–H and O–H groups in total. The SMILES string of the molecule is CC(=O)OC1O[C@H](CO[Si](C)(C)C(C)(C)C)C=C1F. The van der Waals surface area contributed by atoms with Gasteiger partial charge in [0.05, 0.1) is 6.61 Å². The summed E-state index contributed by atoms with van der Waals surface area (Å²) in [5.41, 5.74) is 0. The van der Waals surface area contributed by atoms with Gasteiger partial charge in [-0.1, -0.05) is 20.8 Å². The van der Waals surface area contributed by atoms with Gasteiger partial charge in [-0.2, -0.15) is 0 Å². The summed E-state index contributed by atoms with van der Waals surface area (Å²) >= 11 is 0. The molecule has 0 amide bonds. The van der Waals surface area contributed by atoms with Crippen LogP contribution < -0.4 is 0 Å². The Morgan fingerprint density at radius 3 is 2.53 bits per heavy atom. The van der Waals surface area contributed by atoms with Gasteiger partial charge in [-0.15, -0.1) is 0 Å². The summed E-state index contributed by atoms with van der Waals surface area (Å²) < 4.78 is 29.4. The highest BCUT2D eigenvalue weighted by Crippen LogP contribution is 2.37. The quantitative estimate of drug-likeness (QED) is 0.589. The van der Waals surface area contributed by atoms with Gasteiger partial charge in [0.1, 0.15) is 6.10 Å². The maximum absolute atomic E-state index is 13.5. The van der Waals surface area contributed by atoms with Crippen LogP contribution in [0.3, 0.4) is 0 Å². The van der Waals surface area contributed by atoms with E-state index in [1.54, 1.807) is 0 Å². The first-order valence-electron chi connectivity index (χ1n) is 6.37. The van der Waals surface area contributed by atoms with Crippen molar-refractivity contribution in [1.82, 2.24) is 0 Å². The van der Waals surface area contributed by atoms with E-state index >= 15 is 0 Å². The fourth-order valence-corrected chi connectivity index (χ4v) is 2.36. The van der Waals surface area contributed by atoms with E-state index in [9.17, 15) is 9.18 Å². The third-order valence-electron chi connectivity index (χ3n) is 3.56. The van der Waals surface area contributed by atoms with E-state index in [1.807, 2.05) is 0 Å². The minimum absolute atomic E-state index is 0.0865. The first kappa shape index (κ1) is 16.3. The number of halogens is 1. The van der Waals surface area contributed by atoms with Crippen molar-refractivity contribution >= 4 is 14.3 Å². The summed E-state index contributed by atoms with van der Waals surface area (Å²) in [7, 11) is -1.89. The molecular weight excluding hydrogens is 267 g/mol. The molecule has 110 valence electrons. The minimum atomic E-state index is -1.89. The molecule has 0 fully saturated rings. The third kappa shape index (κ3) is 4.40. The summed E-state index contributed by atoms with van der Waals surface area (Å²) in [6, 6.07) is 0. The van der Waals surface area contributed by atoms with Gasteiger partial charge in [0.2, 0.25) is 0 Å². The monoisotopic (exact) mass is 290 g/mol. The Labute approximate surface area is 115 Å². The molecule has 0 aromatic rings. The Morgan fingerprint density at radius 2 is 2.05 bits per heavy atom. The molecule has 1 heterocycles. The van der Waals surface area contributed by atoms with E-state index in [4.69, 9.17) is 13.9 Å². The summed E-state index contributed by atoms with van der Waals surface area (Å²) in [6.07, 6.45) is -0.412. The van der Waals surface area contributed by atoms with E-state index in [0.717, 1.165) is 0 Å². The summed E-state index contributed by atoms with van der Waals surface area (Å²) in [4.78, 5) is 10.8. The Hall–Kier alpha value is -0.723. The van der Waals surface area contributed by atoms with Gasteiger partial charge in [0.15, 0.2) is 14.1 Å². The van der Waals surface area contributed by atoms with E-state index in [0.29, 0.717) is 0 Å². The first-order chi connectivity index (χ1) is 8.53. The molecule has 0 saturated carbocycles. The molecule has 2 atom stereocenters. The van der Waals surface area contributed by atoms with E-state index in [1.165, 1.54) is 13.0 Å². The second kappa shape index (κ2) is 5.72. The van der Waals surface area contributed by atoms with Crippen LogP contribution in [0.2, 0.25) is 18.1 Å². The smallest absolute Gasteiger partial charge is 0.305 e. The predicted molar refractivity (Wildman–Crippen MR) is 72.8 cm³/mol. The average Bonchev–Trinajstić information content (AvgIpc) is 2.54. The van der Waals surface area contributed by atoms with Crippen molar-refractivity contribution in [3.05, 3.63) is 11.9 Å². The van der Waals surface area contributed by atoms with Crippen LogP contribution in [0.4, 0.5) is 4.39 Å². The maximum Gasteiger partial charge on any atom is 0.305 e. The minimum Gasteiger partial charge on any atom is -0.429 e. The van der Waals surface area contributed by atoms with Crippen molar-refractivity contribution in [2.24, 2.45) is 0 Å². The van der Waals surface area contributed by atoms with E-state index < -0.39 is 32.5 Å². The highest BCUT2D eigenvalue weighted by atomic mass is 28.4. The molecule has 0 aromatic heterocycles. The van der Waals surface area contributed by atoms with Gasteiger partial charge in [0, 0.05) is 6.92 Å². The molecule has 19 heavy (non-hydrogen) atoms. The van der Waals surface area contributed by atoms with Gasteiger partial charge in [-0.05, 0) is 24.2 Å². The Bertz CT molecular complexity index is 373. The molecule has 0 saturated heterocycles. The van der Waals surface area contributed by atoms with Crippen LogP contribution in [0, 0.1) is 0 Å². The summed E-state index contributed by atoms with van der Waals surface area (Å²) in [6.45, 7) is 12.1. The molecule has 6 heteroatoms. The highest BCUT2D eigenvalue weighted by Gasteiger charge is 2.39. The zero-order valence-electron chi connectivity index (χ0n) is 12.5. The third-order valence-corrected chi connectivity index (χ3v) is 8.06. The molecule has 0 radical (unpaired) electrons. The van der Waals surface area contributed by atoms with Crippen molar-refractivity contribution in [2.45, 2.75) is 58.2 Å². The number of hydrogen-bond acceptors (Lipinski definition) is 4. The molecule has 4 nitrogen and oxygen atoms in total. The fraction of sp³-hybridized carbons (Fsp3) is 0.769. The standard InChI is InChI=1S/C13H23FO4Si/c1-9(15)17-12-11(14)7-10(18-12)8-16-19(5,6)13(2,3)4/h7,10,12H,8H2,1-6H3/t10-,12?/m0/s1. The molecule has 0 bridgehead atoms. The van der Waals surface area contributed by atoms with Crippen LogP contribution >= 0.6 is 0 Å². The lowest BCUT2D eigenvalue weighted by atomic mass is 10.2. The van der Waals surface area contributed by atoms with Crippen molar-refractivity contribution in [3.8, 4) is 0 Å². The Kier molecular flexibility index (Phi) is 4.92. The molecule has 0 spiro atoms. The lowest BCUT2D eigenvalue weighted by Crippen LogP contribution is -2.42. The van der Waals surface area contributed by atoms with Crippen molar-refractivity contribution in [3.63, 3.8) is 0 Å². The number of rotatable bonds is 4. The second-order valence-electron chi connectivity index (χ2n) is 6.24. The van der Waals surface area contributed by atoms with Crippen LogP contribution in [0.1, 0.15) is 27.7 Å². The second-order valence-corrected chi connectivity index (χ2v) is 11.0. The van der Waals surface area contributed by atoms with Gasteiger partial charge in [-0.25, -0.2) is 4.39 Å². The highest BCUT2D eigenvalue weighted by molar-refractivity contribution is 6.74.